The van der Waals surface area contributed by atoms with Crippen LogP contribution in [0.3, 0.4) is 0 Å². The number of anilines is 1. The quantitative estimate of drug-likeness (QED) is 0.250. The summed E-state index contributed by atoms with van der Waals surface area (Å²) in [5.74, 6) is -0.400. The molecule has 1 fully saturated rings. The van der Waals surface area contributed by atoms with E-state index in [9.17, 15) is 14.1 Å². The summed E-state index contributed by atoms with van der Waals surface area (Å²) in [6.45, 7) is 3.61. The molecule has 3 aromatic rings. The SMILES string of the molecule is CC(=N)N1CCC(Oc2ccc(N(Cc3ccc4ccc(C(=N)N)cc4c3)S(=O)CC(=O)O)cc2)CC1. The zero-order valence-corrected chi connectivity index (χ0v) is 21.5. The fraction of sp³-hybridized carbons (Fsp3) is 0.296. The summed E-state index contributed by atoms with van der Waals surface area (Å²) in [6, 6.07) is 18.5. The van der Waals surface area contributed by atoms with Gasteiger partial charge in [-0.2, -0.15) is 0 Å². The lowest BCUT2D eigenvalue weighted by Gasteiger charge is -2.33. The van der Waals surface area contributed by atoms with Crippen LogP contribution in [0.5, 0.6) is 5.75 Å². The third-order valence-electron chi connectivity index (χ3n) is 6.38. The zero-order valence-electron chi connectivity index (χ0n) is 20.6. The van der Waals surface area contributed by atoms with Crippen molar-refractivity contribution in [1.29, 1.82) is 10.8 Å². The second kappa shape index (κ2) is 11.4. The van der Waals surface area contributed by atoms with Crippen molar-refractivity contribution in [1.82, 2.24) is 4.90 Å². The van der Waals surface area contributed by atoms with Crippen molar-refractivity contribution in [3.05, 3.63) is 71.8 Å². The maximum atomic E-state index is 13.0. The van der Waals surface area contributed by atoms with Gasteiger partial charge in [0.2, 0.25) is 0 Å². The lowest BCUT2D eigenvalue weighted by atomic mass is 10.0. The first-order chi connectivity index (χ1) is 17.7. The van der Waals surface area contributed by atoms with E-state index in [0.29, 0.717) is 22.8 Å². The third kappa shape index (κ3) is 6.65. The van der Waals surface area contributed by atoms with Gasteiger partial charge in [0.15, 0.2) is 0 Å². The molecule has 3 aromatic carbocycles. The largest absolute Gasteiger partial charge is 0.490 e. The molecule has 1 aliphatic rings. The van der Waals surface area contributed by atoms with Crippen molar-refractivity contribution < 1.29 is 18.8 Å². The van der Waals surface area contributed by atoms with Crippen LogP contribution in [0, 0.1) is 10.8 Å². The maximum absolute atomic E-state index is 13.0. The van der Waals surface area contributed by atoms with Crippen molar-refractivity contribution in [3.8, 4) is 5.75 Å². The highest BCUT2D eigenvalue weighted by atomic mass is 32.2. The number of nitrogens with one attached hydrogen (secondary N) is 2. The number of benzene rings is 3. The Labute approximate surface area is 218 Å². The molecule has 1 saturated heterocycles. The number of rotatable bonds is 9. The van der Waals surface area contributed by atoms with E-state index < -0.39 is 22.7 Å². The fourth-order valence-corrected chi connectivity index (χ4v) is 5.40. The number of carboxylic acid groups (broad SMARTS) is 1. The van der Waals surface area contributed by atoms with E-state index in [1.165, 1.54) is 0 Å². The molecular formula is C27H31N5O4S. The highest BCUT2D eigenvalue weighted by molar-refractivity contribution is 7.87. The van der Waals surface area contributed by atoms with Gasteiger partial charge in [0.25, 0.3) is 0 Å². The van der Waals surface area contributed by atoms with Crippen molar-refractivity contribution in [3.63, 3.8) is 0 Å². The molecule has 0 bridgehead atoms. The van der Waals surface area contributed by atoms with Gasteiger partial charge in [0.1, 0.15) is 34.4 Å². The minimum Gasteiger partial charge on any atom is -0.490 e. The molecule has 4 rings (SSSR count). The molecule has 10 heteroatoms. The summed E-state index contributed by atoms with van der Waals surface area (Å²) < 4.78 is 20.7. The van der Waals surface area contributed by atoms with Gasteiger partial charge in [-0.25, -0.2) is 4.21 Å². The minimum atomic E-state index is -1.79. The summed E-state index contributed by atoms with van der Waals surface area (Å²) in [4.78, 5) is 13.4. The molecule has 9 nitrogen and oxygen atoms in total. The number of aliphatic carboxylic acids is 1. The molecule has 0 aromatic heterocycles. The van der Waals surface area contributed by atoms with Crippen LogP contribution in [0.1, 0.15) is 30.9 Å². The molecule has 1 unspecified atom stereocenters. The summed E-state index contributed by atoms with van der Waals surface area (Å²) >= 11 is 0. The number of hydrogen-bond donors (Lipinski definition) is 4. The molecule has 37 heavy (non-hydrogen) atoms. The van der Waals surface area contributed by atoms with E-state index >= 15 is 0 Å². The normalized spacial score (nSPS) is 14.8. The first kappa shape index (κ1) is 26.2. The number of fused-ring (bicyclic) bond motifs is 1. The van der Waals surface area contributed by atoms with Crippen molar-refractivity contribution >= 4 is 45.1 Å². The van der Waals surface area contributed by atoms with Crippen molar-refractivity contribution in [2.45, 2.75) is 32.4 Å². The molecule has 1 heterocycles. The predicted molar refractivity (Wildman–Crippen MR) is 147 cm³/mol. The Morgan fingerprint density at radius 1 is 1.08 bits per heavy atom. The van der Waals surface area contributed by atoms with Crippen LogP contribution in [0.25, 0.3) is 10.8 Å². The van der Waals surface area contributed by atoms with Crippen LogP contribution >= 0.6 is 0 Å². The fourth-order valence-electron chi connectivity index (χ4n) is 4.38. The Balaban J connectivity index is 1.52. The molecule has 5 N–H and O–H groups in total. The maximum Gasteiger partial charge on any atom is 0.318 e. The molecular weight excluding hydrogens is 490 g/mol. The number of nitrogens with two attached hydrogens (primary N) is 1. The van der Waals surface area contributed by atoms with Crippen LogP contribution in [0.15, 0.2) is 60.7 Å². The summed E-state index contributed by atoms with van der Waals surface area (Å²) in [7, 11) is -1.79. The number of ether oxygens (including phenoxy) is 1. The number of amidine groups is 2. The number of nitrogen functional groups attached to an aromatic ring is 1. The van der Waals surface area contributed by atoms with Gasteiger partial charge in [0, 0.05) is 37.2 Å². The third-order valence-corrected chi connectivity index (χ3v) is 7.70. The van der Waals surface area contributed by atoms with Gasteiger partial charge in [-0.05, 0) is 59.7 Å². The van der Waals surface area contributed by atoms with Gasteiger partial charge < -0.3 is 20.5 Å². The molecule has 0 saturated carbocycles. The van der Waals surface area contributed by atoms with E-state index in [1.807, 2.05) is 47.4 Å². The smallest absolute Gasteiger partial charge is 0.318 e. The minimum absolute atomic E-state index is 0.0193. The molecule has 0 amide bonds. The van der Waals surface area contributed by atoms with E-state index in [4.69, 9.17) is 21.3 Å². The standard InChI is InChI=1S/C27H31N5O4S/c1-18(28)31-12-10-25(11-13-31)36-24-8-6-23(7-9-24)32(37(35)17-26(33)34)16-19-2-3-20-4-5-21(27(29)30)15-22(20)14-19/h2-9,14-15,25,28H,10-13,16-17H2,1H3,(H3,29,30)(H,33,34). The van der Waals surface area contributed by atoms with Crippen LogP contribution in [0.4, 0.5) is 5.69 Å². The Hall–Kier alpha value is -3.92. The number of carbonyl (C=O) groups is 1. The Morgan fingerprint density at radius 3 is 2.38 bits per heavy atom. The molecule has 194 valence electrons. The summed E-state index contributed by atoms with van der Waals surface area (Å²) in [5.41, 5.74) is 7.72. The number of likely N-dealkylation sites (tertiary alicyclic amines) is 1. The molecule has 0 radical (unpaired) electrons. The molecule has 1 atom stereocenters. The van der Waals surface area contributed by atoms with Crippen LogP contribution < -0.4 is 14.8 Å². The lowest BCUT2D eigenvalue weighted by molar-refractivity contribution is -0.133. The zero-order chi connectivity index (χ0) is 26.5. The summed E-state index contributed by atoms with van der Waals surface area (Å²) in [5, 5.41) is 26.6. The molecule has 0 spiro atoms. The number of carboxylic acids is 1. The second-order valence-electron chi connectivity index (χ2n) is 9.09. The van der Waals surface area contributed by atoms with Crippen molar-refractivity contribution in [2.24, 2.45) is 5.73 Å². The Bertz CT molecular complexity index is 1340. The van der Waals surface area contributed by atoms with Gasteiger partial charge in [-0.15, -0.1) is 0 Å². The highest BCUT2D eigenvalue weighted by Gasteiger charge is 2.22. The topological polar surface area (TPSA) is 144 Å². The van der Waals surface area contributed by atoms with Gasteiger partial charge in [-0.1, -0.05) is 24.3 Å². The number of piperidine rings is 1. The van der Waals surface area contributed by atoms with E-state index in [1.54, 1.807) is 29.4 Å². The predicted octanol–water partition coefficient (Wildman–Crippen LogP) is 3.72. The van der Waals surface area contributed by atoms with E-state index in [-0.39, 0.29) is 18.5 Å². The van der Waals surface area contributed by atoms with E-state index in [0.717, 1.165) is 42.3 Å². The van der Waals surface area contributed by atoms with Crippen molar-refractivity contribution in [2.75, 3.05) is 23.1 Å². The summed E-state index contributed by atoms with van der Waals surface area (Å²) in [6.07, 6.45) is 1.73. The number of hydrogen-bond acceptors (Lipinski definition) is 5. The van der Waals surface area contributed by atoms with Crippen LogP contribution in [-0.4, -0.2) is 56.8 Å². The average molecular weight is 522 g/mol. The Kier molecular flexibility index (Phi) is 8.08. The van der Waals surface area contributed by atoms with E-state index in [2.05, 4.69) is 0 Å². The average Bonchev–Trinajstić information content (AvgIpc) is 2.87. The first-order valence-electron chi connectivity index (χ1n) is 12.0. The van der Waals surface area contributed by atoms with Gasteiger partial charge in [0.05, 0.1) is 12.4 Å². The lowest BCUT2D eigenvalue weighted by Crippen LogP contribution is -2.40. The van der Waals surface area contributed by atoms with Crippen LogP contribution in [0.2, 0.25) is 0 Å². The van der Waals surface area contributed by atoms with Gasteiger partial charge in [-0.3, -0.25) is 19.9 Å². The monoisotopic (exact) mass is 521 g/mol. The van der Waals surface area contributed by atoms with Gasteiger partial charge >= 0.3 is 5.97 Å². The second-order valence-corrected chi connectivity index (χ2v) is 10.5. The highest BCUT2D eigenvalue weighted by Crippen LogP contribution is 2.26. The number of nitrogens with zero attached hydrogens (tertiary/aromatic N) is 2. The van der Waals surface area contributed by atoms with Crippen LogP contribution in [-0.2, 0) is 22.3 Å². The molecule has 1 aliphatic heterocycles. The Morgan fingerprint density at radius 2 is 1.76 bits per heavy atom. The first-order valence-corrected chi connectivity index (χ1v) is 13.3. The molecule has 0 aliphatic carbocycles.